The first-order valence-electron chi connectivity index (χ1n) is 8.43. The largest absolute Gasteiger partial charge is 0.491 e. The van der Waals surface area contributed by atoms with Crippen molar-refractivity contribution in [2.75, 3.05) is 13.2 Å². The normalized spacial score (nSPS) is 20.2. The Bertz CT molecular complexity index is 560. The van der Waals surface area contributed by atoms with Crippen molar-refractivity contribution in [2.45, 2.75) is 45.6 Å². The summed E-state index contributed by atoms with van der Waals surface area (Å²) < 4.78 is 5.74. The molecule has 6 nitrogen and oxygen atoms in total. The van der Waals surface area contributed by atoms with Crippen molar-refractivity contribution in [3.63, 3.8) is 0 Å². The van der Waals surface area contributed by atoms with Crippen LogP contribution in [0.2, 0.25) is 0 Å². The van der Waals surface area contributed by atoms with Gasteiger partial charge >= 0.3 is 12.0 Å². The number of hydrogen-bond acceptors (Lipinski definition) is 3. The highest BCUT2D eigenvalue weighted by molar-refractivity contribution is 5.74. The van der Waals surface area contributed by atoms with Gasteiger partial charge in [0.25, 0.3) is 0 Å². The van der Waals surface area contributed by atoms with Gasteiger partial charge in [0.05, 0.1) is 12.5 Å². The van der Waals surface area contributed by atoms with E-state index in [-0.39, 0.29) is 18.0 Å². The van der Waals surface area contributed by atoms with Gasteiger partial charge < -0.3 is 20.5 Å². The quantitative estimate of drug-likeness (QED) is 0.698. The Hall–Kier alpha value is -2.24. The summed E-state index contributed by atoms with van der Waals surface area (Å²) in [6.45, 7) is 4.82. The Labute approximate surface area is 142 Å². The molecule has 0 radical (unpaired) electrons. The molecule has 1 fully saturated rings. The number of urea groups is 1. The molecular weight excluding hydrogens is 308 g/mol. The maximum Gasteiger partial charge on any atom is 0.315 e. The second-order valence-corrected chi connectivity index (χ2v) is 6.36. The topological polar surface area (TPSA) is 87.7 Å². The minimum absolute atomic E-state index is 0.0557. The zero-order valence-electron chi connectivity index (χ0n) is 14.3. The van der Waals surface area contributed by atoms with Gasteiger partial charge in [0, 0.05) is 6.04 Å². The van der Waals surface area contributed by atoms with Crippen molar-refractivity contribution in [3.05, 3.63) is 29.3 Å². The molecule has 0 aromatic heterocycles. The highest BCUT2D eigenvalue weighted by Gasteiger charge is 2.26. The van der Waals surface area contributed by atoms with Gasteiger partial charge in [-0.05, 0) is 50.7 Å². The SMILES string of the molecule is Cc1cccc(C)c1OCCNC(=O)NC1CCC(C(=O)O)CC1. The maximum atomic E-state index is 11.9. The van der Waals surface area contributed by atoms with Crippen LogP contribution in [0, 0.1) is 19.8 Å². The summed E-state index contributed by atoms with van der Waals surface area (Å²) in [7, 11) is 0. The number of nitrogens with one attached hydrogen (secondary N) is 2. The van der Waals surface area contributed by atoms with Crippen LogP contribution in [0.15, 0.2) is 18.2 Å². The minimum Gasteiger partial charge on any atom is -0.491 e. The van der Waals surface area contributed by atoms with E-state index in [1.165, 1.54) is 0 Å². The standard InChI is InChI=1S/C18H26N2O4/c1-12-4-3-5-13(2)16(12)24-11-10-19-18(23)20-15-8-6-14(7-9-15)17(21)22/h3-5,14-15H,6-11H2,1-2H3,(H,21,22)(H2,19,20,23). The summed E-state index contributed by atoms with van der Waals surface area (Å²) in [5.74, 6) is -0.134. The number of carboxylic acid groups (broad SMARTS) is 1. The Morgan fingerprint density at radius 3 is 2.38 bits per heavy atom. The Kier molecular flexibility index (Phi) is 6.46. The van der Waals surface area contributed by atoms with Crippen molar-refractivity contribution in [1.82, 2.24) is 10.6 Å². The lowest BCUT2D eigenvalue weighted by molar-refractivity contribution is -0.142. The number of aliphatic carboxylic acids is 1. The minimum atomic E-state index is -0.735. The fourth-order valence-corrected chi connectivity index (χ4v) is 3.07. The number of carboxylic acids is 1. The molecule has 132 valence electrons. The first kappa shape index (κ1) is 18.1. The molecule has 0 spiro atoms. The molecule has 6 heteroatoms. The van der Waals surface area contributed by atoms with E-state index < -0.39 is 5.97 Å². The van der Waals surface area contributed by atoms with Crippen LogP contribution in [0.5, 0.6) is 5.75 Å². The molecule has 1 aromatic rings. The summed E-state index contributed by atoms with van der Waals surface area (Å²) in [4.78, 5) is 22.8. The van der Waals surface area contributed by atoms with Crippen molar-refractivity contribution in [3.8, 4) is 5.75 Å². The van der Waals surface area contributed by atoms with E-state index in [9.17, 15) is 9.59 Å². The van der Waals surface area contributed by atoms with E-state index in [4.69, 9.17) is 9.84 Å². The maximum absolute atomic E-state index is 11.9. The van der Waals surface area contributed by atoms with E-state index in [1.54, 1.807) is 0 Å². The van der Waals surface area contributed by atoms with Gasteiger partial charge in [-0.15, -0.1) is 0 Å². The molecule has 0 bridgehead atoms. The predicted octanol–water partition coefficient (Wildman–Crippen LogP) is 2.62. The number of rotatable bonds is 6. The third kappa shape index (κ3) is 5.15. The molecule has 0 saturated heterocycles. The van der Waals surface area contributed by atoms with Crippen molar-refractivity contribution < 1.29 is 19.4 Å². The van der Waals surface area contributed by atoms with Crippen molar-refractivity contribution in [2.24, 2.45) is 5.92 Å². The average Bonchev–Trinajstić information content (AvgIpc) is 2.54. The van der Waals surface area contributed by atoms with Gasteiger partial charge in [-0.1, -0.05) is 18.2 Å². The van der Waals surface area contributed by atoms with Gasteiger partial charge in [0.15, 0.2) is 0 Å². The summed E-state index contributed by atoms with van der Waals surface area (Å²) in [6.07, 6.45) is 2.67. The molecule has 0 atom stereocenters. The van der Waals surface area contributed by atoms with Gasteiger partial charge in [-0.2, -0.15) is 0 Å². The zero-order chi connectivity index (χ0) is 17.5. The number of benzene rings is 1. The number of carbonyl (C=O) groups excluding carboxylic acids is 1. The Morgan fingerprint density at radius 1 is 1.17 bits per heavy atom. The molecule has 1 saturated carbocycles. The van der Waals surface area contributed by atoms with Crippen LogP contribution >= 0.6 is 0 Å². The van der Waals surface area contributed by atoms with Crippen LogP contribution < -0.4 is 15.4 Å². The summed E-state index contributed by atoms with van der Waals surface area (Å²) in [5.41, 5.74) is 2.16. The number of amides is 2. The first-order chi connectivity index (χ1) is 11.5. The summed E-state index contributed by atoms with van der Waals surface area (Å²) in [6, 6.07) is 5.81. The predicted molar refractivity (Wildman–Crippen MR) is 91.3 cm³/mol. The van der Waals surface area contributed by atoms with Gasteiger partial charge in [0.1, 0.15) is 12.4 Å². The first-order valence-corrected chi connectivity index (χ1v) is 8.43. The van der Waals surface area contributed by atoms with E-state index in [1.807, 2.05) is 32.0 Å². The van der Waals surface area contributed by atoms with Gasteiger partial charge in [-0.25, -0.2) is 4.79 Å². The van der Waals surface area contributed by atoms with E-state index >= 15 is 0 Å². The molecule has 2 amide bonds. The fraction of sp³-hybridized carbons (Fsp3) is 0.556. The van der Waals surface area contributed by atoms with E-state index in [0.29, 0.717) is 38.8 Å². The van der Waals surface area contributed by atoms with Crippen LogP contribution in [-0.2, 0) is 4.79 Å². The Morgan fingerprint density at radius 2 is 1.79 bits per heavy atom. The van der Waals surface area contributed by atoms with Crippen LogP contribution in [0.4, 0.5) is 4.79 Å². The lowest BCUT2D eigenvalue weighted by Crippen LogP contribution is -2.45. The lowest BCUT2D eigenvalue weighted by Gasteiger charge is -2.26. The van der Waals surface area contributed by atoms with Crippen LogP contribution in [-0.4, -0.2) is 36.3 Å². The third-order valence-corrected chi connectivity index (χ3v) is 4.45. The number of aryl methyl sites for hydroxylation is 2. The molecule has 1 aliphatic carbocycles. The molecular formula is C18H26N2O4. The second-order valence-electron chi connectivity index (χ2n) is 6.36. The van der Waals surface area contributed by atoms with Crippen molar-refractivity contribution >= 4 is 12.0 Å². The third-order valence-electron chi connectivity index (χ3n) is 4.45. The Balaban J connectivity index is 1.65. The zero-order valence-corrected chi connectivity index (χ0v) is 14.3. The van der Waals surface area contributed by atoms with E-state index in [2.05, 4.69) is 10.6 Å². The molecule has 1 aliphatic rings. The summed E-state index contributed by atoms with van der Waals surface area (Å²) >= 11 is 0. The van der Waals surface area contributed by atoms with Crippen LogP contribution in [0.3, 0.4) is 0 Å². The molecule has 3 N–H and O–H groups in total. The second kappa shape index (κ2) is 8.57. The molecule has 1 aromatic carbocycles. The highest BCUT2D eigenvalue weighted by Crippen LogP contribution is 2.24. The van der Waals surface area contributed by atoms with Gasteiger partial charge in [0.2, 0.25) is 0 Å². The lowest BCUT2D eigenvalue weighted by atomic mass is 9.86. The van der Waals surface area contributed by atoms with Crippen molar-refractivity contribution in [1.29, 1.82) is 0 Å². The molecule has 24 heavy (non-hydrogen) atoms. The summed E-state index contributed by atoms with van der Waals surface area (Å²) in [5, 5.41) is 14.7. The molecule has 0 heterocycles. The smallest absolute Gasteiger partial charge is 0.315 e. The van der Waals surface area contributed by atoms with Gasteiger partial charge in [-0.3, -0.25) is 4.79 Å². The molecule has 2 rings (SSSR count). The van der Waals surface area contributed by atoms with Crippen LogP contribution in [0.1, 0.15) is 36.8 Å². The number of hydrogen-bond donors (Lipinski definition) is 3. The average molecular weight is 334 g/mol. The monoisotopic (exact) mass is 334 g/mol. The molecule has 0 aliphatic heterocycles. The van der Waals surface area contributed by atoms with E-state index in [0.717, 1.165) is 16.9 Å². The fourth-order valence-electron chi connectivity index (χ4n) is 3.07. The highest BCUT2D eigenvalue weighted by atomic mass is 16.5. The number of para-hydroxylation sites is 1. The molecule has 0 unspecified atom stereocenters. The number of ether oxygens (including phenoxy) is 1. The number of carbonyl (C=O) groups is 2. The van der Waals surface area contributed by atoms with Crippen LogP contribution in [0.25, 0.3) is 0 Å².